The molecule has 0 aromatic heterocycles. The molecular weight excluding hydrogens is 158 g/mol. The summed E-state index contributed by atoms with van der Waals surface area (Å²) in [6.07, 6.45) is 6.07. The molecule has 0 aliphatic heterocycles. The summed E-state index contributed by atoms with van der Waals surface area (Å²) >= 11 is 0. The SMILES string of the molecule is CCC(=CCCN(CC)CC)CC. The van der Waals surface area contributed by atoms with Crippen LogP contribution in [-0.2, 0) is 0 Å². The van der Waals surface area contributed by atoms with Gasteiger partial charge in [-0.1, -0.05) is 39.3 Å². The molecule has 0 radical (unpaired) electrons. The van der Waals surface area contributed by atoms with Crippen molar-refractivity contribution in [3.63, 3.8) is 0 Å². The van der Waals surface area contributed by atoms with Crippen molar-refractivity contribution >= 4 is 0 Å². The molecule has 0 rings (SSSR count). The third kappa shape index (κ3) is 5.87. The average molecular weight is 183 g/mol. The Labute approximate surface area is 83.8 Å². The van der Waals surface area contributed by atoms with Crippen LogP contribution < -0.4 is 0 Å². The molecule has 0 aromatic rings. The second-order valence-electron chi connectivity index (χ2n) is 3.39. The van der Waals surface area contributed by atoms with Gasteiger partial charge in [-0.15, -0.1) is 0 Å². The maximum atomic E-state index is 2.47. The van der Waals surface area contributed by atoms with Gasteiger partial charge in [0.05, 0.1) is 0 Å². The Morgan fingerprint density at radius 2 is 1.54 bits per heavy atom. The molecule has 13 heavy (non-hydrogen) atoms. The predicted octanol–water partition coefficient (Wildman–Crippen LogP) is 3.46. The fourth-order valence-corrected chi connectivity index (χ4v) is 1.53. The molecule has 0 unspecified atom stereocenters. The van der Waals surface area contributed by atoms with Gasteiger partial charge in [0.25, 0.3) is 0 Å². The van der Waals surface area contributed by atoms with Gasteiger partial charge in [0, 0.05) is 6.54 Å². The Kier molecular flexibility index (Phi) is 8.11. The summed E-state index contributed by atoms with van der Waals surface area (Å²) in [4.78, 5) is 2.47. The third-order valence-electron chi connectivity index (χ3n) is 2.68. The molecule has 0 bridgehead atoms. The molecule has 1 nitrogen and oxygen atoms in total. The van der Waals surface area contributed by atoms with Crippen LogP contribution in [0.4, 0.5) is 0 Å². The van der Waals surface area contributed by atoms with Gasteiger partial charge in [-0.25, -0.2) is 0 Å². The van der Waals surface area contributed by atoms with Crippen LogP contribution in [0.1, 0.15) is 47.0 Å². The summed E-state index contributed by atoms with van der Waals surface area (Å²) in [5.74, 6) is 0. The normalized spacial score (nSPS) is 10.5. The van der Waals surface area contributed by atoms with Crippen LogP contribution in [0.25, 0.3) is 0 Å². The van der Waals surface area contributed by atoms with Crippen molar-refractivity contribution in [2.45, 2.75) is 47.0 Å². The van der Waals surface area contributed by atoms with Crippen molar-refractivity contribution in [1.29, 1.82) is 0 Å². The molecule has 0 aliphatic rings. The summed E-state index contributed by atoms with van der Waals surface area (Å²) in [5.41, 5.74) is 1.60. The zero-order valence-corrected chi connectivity index (χ0v) is 9.77. The molecule has 0 aromatic carbocycles. The molecule has 0 fully saturated rings. The first-order chi connectivity index (χ1) is 6.28. The van der Waals surface area contributed by atoms with Crippen molar-refractivity contribution in [3.05, 3.63) is 11.6 Å². The van der Waals surface area contributed by atoms with E-state index in [0.29, 0.717) is 0 Å². The largest absolute Gasteiger partial charge is 0.304 e. The maximum Gasteiger partial charge on any atom is 0.00158 e. The van der Waals surface area contributed by atoms with E-state index in [1.54, 1.807) is 5.57 Å². The first-order valence-electron chi connectivity index (χ1n) is 5.68. The lowest BCUT2D eigenvalue weighted by molar-refractivity contribution is 0.310. The van der Waals surface area contributed by atoms with E-state index >= 15 is 0 Å². The van der Waals surface area contributed by atoms with E-state index in [9.17, 15) is 0 Å². The highest BCUT2D eigenvalue weighted by Gasteiger charge is 1.96. The van der Waals surface area contributed by atoms with E-state index < -0.39 is 0 Å². The van der Waals surface area contributed by atoms with Crippen molar-refractivity contribution in [2.75, 3.05) is 19.6 Å². The van der Waals surface area contributed by atoms with Gasteiger partial charge in [-0.3, -0.25) is 0 Å². The molecule has 0 N–H and O–H groups in total. The molecule has 0 saturated heterocycles. The molecular formula is C12H25N. The quantitative estimate of drug-likeness (QED) is 0.546. The Balaban J connectivity index is 3.68. The van der Waals surface area contributed by atoms with E-state index in [-0.39, 0.29) is 0 Å². The van der Waals surface area contributed by atoms with Crippen LogP contribution >= 0.6 is 0 Å². The number of allylic oxidation sites excluding steroid dienone is 1. The van der Waals surface area contributed by atoms with E-state index in [2.05, 4.69) is 38.7 Å². The van der Waals surface area contributed by atoms with Gasteiger partial charge >= 0.3 is 0 Å². The van der Waals surface area contributed by atoms with Gasteiger partial charge in [-0.2, -0.15) is 0 Å². The second kappa shape index (κ2) is 8.31. The first kappa shape index (κ1) is 12.7. The van der Waals surface area contributed by atoms with Gasteiger partial charge in [-0.05, 0) is 32.4 Å². The van der Waals surface area contributed by atoms with Crippen LogP contribution in [0.5, 0.6) is 0 Å². The van der Waals surface area contributed by atoms with Crippen molar-refractivity contribution in [2.24, 2.45) is 0 Å². The Bertz CT molecular complexity index is 128. The zero-order valence-electron chi connectivity index (χ0n) is 9.77. The molecule has 0 saturated carbocycles. The number of rotatable bonds is 7. The summed E-state index contributed by atoms with van der Waals surface area (Å²) in [5, 5.41) is 0. The summed E-state index contributed by atoms with van der Waals surface area (Å²) in [6.45, 7) is 12.5. The van der Waals surface area contributed by atoms with Gasteiger partial charge in [0.2, 0.25) is 0 Å². The predicted molar refractivity (Wildman–Crippen MR) is 61.1 cm³/mol. The van der Waals surface area contributed by atoms with Gasteiger partial charge in [0.1, 0.15) is 0 Å². The van der Waals surface area contributed by atoms with Gasteiger partial charge in [0.15, 0.2) is 0 Å². The molecule has 0 aliphatic carbocycles. The highest BCUT2D eigenvalue weighted by molar-refractivity contribution is 5.00. The average Bonchev–Trinajstić information content (AvgIpc) is 2.19. The minimum Gasteiger partial charge on any atom is -0.304 e. The fourth-order valence-electron chi connectivity index (χ4n) is 1.53. The number of hydrogen-bond donors (Lipinski definition) is 0. The lowest BCUT2D eigenvalue weighted by atomic mass is 10.1. The van der Waals surface area contributed by atoms with Crippen LogP contribution in [0, 0.1) is 0 Å². The molecule has 78 valence electrons. The molecule has 0 atom stereocenters. The van der Waals surface area contributed by atoms with Crippen LogP contribution in [0.3, 0.4) is 0 Å². The number of nitrogens with zero attached hydrogens (tertiary/aromatic N) is 1. The van der Waals surface area contributed by atoms with Crippen LogP contribution in [0.2, 0.25) is 0 Å². The van der Waals surface area contributed by atoms with Crippen molar-refractivity contribution in [1.82, 2.24) is 4.90 Å². The monoisotopic (exact) mass is 183 g/mol. The van der Waals surface area contributed by atoms with E-state index in [1.807, 2.05) is 0 Å². The highest BCUT2D eigenvalue weighted by atomic mass is 15.1. The first-order valence-corrected chi connectivity index (χ1v) is 5.68. The standard InChI is InChI=1S/C12H25N/c1-5-12(6-2)10-9-11-13(7-3)8-4/h10H,5-9,11H2,1-4H3. The van der Waals surface area contributed by atoms with Crippen LogP contribution in [0.15, 0.2) is 11.6 Å². The molecule has 0 spiro atoms. The lowest BCUT2D eigenvalue weighted by Crippen LogP contribution is -2.23. The molecule has 0 heterocycles. The Hall–Kier alpha value is -0.300. The zero-order chi connectivity index (χ0) is 10.1. The summed E-state index contributed by atoms with van der Waals surface area (Å²) in [6, 6.07) is 0. The third-order valence-corrected chi connectivity index (χ3v) is 2.68. The topological polar surface area (TPSA) is 3.24 Å². The molecule has 0 amide bonds. The maximum absolute atomic E-state index is 2.47. The Morgan fingerprint density at radius 1 is 1.00 bits per heavy atom. The minimum absolute atomic E-state index is 1.18. The van der Waals surface area contributed by atoms with E-state index in [1.165, 1.54) is 38.9 Å². The highest BCUT2D eigenvalue weighted by Crippen LogP contribution is 2.06. The van der Waals surface area contributed by atoms with E-state index in [0.717, 1.165) is 0 Å². The number of hydrogen-bond acceptors (Lipinski definition) is 1. The van der Waals surface area contributed by atoms with E-state index in [4.69, 9.17) is 0 Å². The van der Waals surface area contributed by atoms with Crippen LogP contribution in [-0.4, -0.2) is 24.5 Å². The minimum atomic E-state index is 1.18. The summed E-state index contributed by atoms with van der Waals surface area (Å²) in [7, 11) is 0. The lowest BCUT2D eigenvalue weighted by Gasteiger charge is -2.16. The Morgan fingerprint density at radius 3 is 1.92 bits per heavy atom. The van der Waals surface area contributed by atoms with Crippen molar-refractivity contribution in [3.8, 4) is 0 Å². The fraction of sp³-hybridized carbons (Fsp3) is 0.833. The molecule has 1 heteroatoms. The second-order valence-corrected chi connectivity index (χ2v) is 3.39. The smallest absolute Gasteiger partial charge is 0.00158 e. The van der Waals surface area contributed by atoms with Gasteiger partial charge < -0.3 is 4.90 Å². The summed E-state index contributed by atoms with van der Waals surface area (Å²) < 4.78 is 0. The van der Waals surface area contributed by atoms with Crippen molar-refractivity contribution < 1.29 is 0 Å².